The fourth-order valence-corrected chi connectivity index (χ4v) is 4.67. The monoisotopic (exact) mass is 456 g/mol. The third kappa shape index (κ3) is 5.84. The number of rotatable bonds is 7. The molecule has 0 atom stereocenters. The zero-order valence-electron chi connectivity index (χ0n) is 20.8. The van der Waals surface area contributed by atoms with E-state index < -0.39 is 0 Å². The van der Waals surface area contributed by atoms with Crippen LogP contribution in [0.5, 0.6) is 0 Å². The second kappa shape index (κ2) is 10.8. The average Bonchev–Trinajstić information content (AvgIpc) is 2.84. The van der Waals surface area contributed by atoms with Crippen LogP contribution < -0.4 is 10.2 Å². The van der Waals surface area contributed by atoms with Gasteiger partial charge < -0.3 is 15.1 Å². The first-order chi connectivity index (χ1) is 16.4. The molecule has 0 saturated carbocycles. The van der Waals surface area contributed by atoms with Crippen LogP contribution >= 0.6 is 0 Å². The molecule has 0 aliphatic carbocycles. The summed E-state index contributed by atoms with van der Waals surface area (Å²) in [6.45, 7) is 6.36. The summed E-state index contributed by atoms with van der Waals surface area (Å²) in [7, 11) is 4.32. The number of carbonyl (C=O) groups is 1. The standard InChI is InChI=1S/C29H36N4O/c1-5-6-22-7-9-23(10-8-22)11-14-29(34)30-24-12-13-27-26(20-24)21(2)19-28(31-27)33-17-15-25(16-18-33)32(3)4/h7-14,19-20,25H,5-6,15-18H2,1-4H3,(H,30,34). The molecule has 34 heavy (non-hydrogen) atoms. The molecule has 5 nitrogen and oxygen atoms in total. The van der Waals surface area contributed by atoms with Crippen LogP contribution in [0.15, 0.2) is 54.6 Å². The minimum absolute atomic E-state index is 0.136. The molecule has 1 aliphatic rings. The van der Waals surface area contributed by atoms with Crippen molar-refractivity contribution < 1.29 is 4.79 Å². The highest BCUT2D eigenvalue weighted by molar-refractivity contribution is 6.03. The fraction of sp³-hybridized carbons (Fsp3) is 0.379. The van der Waals surface area contributed by atoms with E-state index in [-0.39, 0.29) is 5.91 Å². The van der Waals surface area contributed by atoms with Crippen molar-refractivity contribution in [2.75, 3.05) is 37.4 Å². The normalized spacial score (nSPS) is 14.9. The zero-order valence-corrected chi connectivity index (χ0v) is 20.8. The van der Waals surface area contributed by atoms with Gasteiger partial charge in [0.25, 0.3) is 0 Å². The van der Waals surface area contributed by atoms with Crippen molar-refractivity contribution in [3.05, 3.63) is 71.3 Å². The lowest BCUT2D eigenvalue weighted by Gasteiger charge is -2.36. The molecule has 1 amide bonds. The van der Waals surface area contributed by atoms with E-state index in [0.717, 1.165) is 66.7 Å². The van der Waals surface area contributed by atoms with Crippen LogP contribution in [0.1, 0.15) is 42.9 Å². The molecule has 3 aromatic rings. The molecule has 178 valence electrons. The number of pyridine rings is 1. The minimum Gasteiger partial charge on any atom is -0.356 e. The Hall–Kier alpha value is -3.18. The lowest BCUT2D eigenvalue weighted by atomic mass is 10.0. The number of carbonyl (C=O) groups excluding carboxylic acids is 1. The smallest absolute Gasteiger partial charge is 0.248 e. The van der Waals surface area contributed by atoms with Crippen LogP contribution in [-0.2, 0) is 11.2 Å². The number of amides is 1. The summed E-state index contributed by atoms with van der Waals surface area (Å²) in [5.74, 6) is 0.912. The molecular formula is C29H36N4O. The summed E-state index contributed by atoms with van der Waals surface area (Å²) in [4.78, 5) is 22.1. The number of anilines is 2. The van der Waals surface area contributed by atoms with Crippen molar-refractivity contribution in [3.63, 3.8) is 0 Å². The van der Waals surface area contributed by atoms with Gasteiger partial charge in [0, 0.05) is 36.3 Å². The van der Waals surface area contributed by atoms with Crippen LogP contribution in [0, 0.1) is 6.92 Å². The van der Waals surface area contributed by atoms with Crippen LogP contribution in [-0.4, -0.2) is 49.0 Å². The van der Waals surface area contributed by atoms with E-state index in [0.29, 0.717) is 6.04 Å². The van der Waals surface area contributed by atoms with Gasteiger partial charge in [-0.3, -0.25) is 4.79 Å². The number of aromatic nitrogens is 1. The summed E-state index contributed by atoms with van der Waals surface area (Å²) in [5.41, 5.74) is 5.27. The van der Waals surface area contributed by atoms with E-state index >= 15 is 0 Å². The predicted molar refractivity (Wildman–Crippen MR) is 144 cm³/mol. The topological polar surface area (TPSA) is 48.5 Å². The SMILES string of the molecule is CCCc1ccc(C=CC(=O)Nc2ccc3nc(N4CCC(N(C)C)CC4)cc(C)c3c2)cc1. The second-order valence-electron chi connectivity index (χ2n) is 9.53. The third-order valence-electron chi connectivity index (χ3n) is 6.73. The van der Waals surface area contributed by atoms with Crippen molar-refractivity contribution in [2.24, 2.45) is 0 Å². The summed E-state index contributed by atoms with van der Waals surface area (Å²) in [6.07, 6.45) is 7.97. The zero-order chi connectivity index (χ0) is 24.1. The number of benzene rings is 2. The number of aryl methyl sites for hydroxylation is 2. The van der Waals surface area contributed by atoms with E-state index in [1.54, 1.807) is 6.08 Å². The molecule has 1 N–H and O–H groups in total. The van der Waals surface area contributed by atoms with Gasteiger partial charge >= 0.3 is 0 Å². The number of hydrogen-bond donors (Lipinski definition) is 1. The van der Waals surface area contributed by atoms with Gasteiger partial charge in [0.15, 0.2) is 0 Å². The molecule has 2 heterocycles. The first-order valence-electron chi connectivity index (χ1n) is 12.3. The van der Waals surface area contributed by atoms with Gasteiger partial charge in [-0.05, 0) is 87.3 Å². The molecular weight excluding hydrogens is 420 g/mol. The van der Waals surface area contributed by atoms with Crippen LogP contribution in [0.2, 0.25) is 0 Å². The molecule has 1 aromatic heterocycles. The predicted octanol–water partition coefficient (Wildman–Crippen LogP) is 5.68. The van der Waals surface area contributed by atoms with Crippen molar-refractivity contribution in [1.82, 2.24) is 9.88 Å². The molecule has 0 unspecified atom stereocenters. The van der Waals surface area contributed by atoms with Gasteiger partial charge in [-0.15, -0.1) is 0 Å². The van der Waals surface area contributed by atoms with Gasteiger partial charge in [-0.2, -0.15) is 0 Å². The highest BCUT2D eigenvalue weighted by Gasteiger charge is 2.22. The molecule has 0 radical (unpaired) electrons. The van der Waals surface area contributed by atoms with Crippen molar-refractivity contribution in [3.8, 4) is 0 Å². The molecule has 0 spiro atoms. The van der Waals surface area contributed by atoms with E-state index in [1.165, 1.54) is 11.1 Å². The molecule has 5 heteroatoms. The van der Waals surface area contributed by atoms with Crippen LogP contribution in [0.25, 0.3) is 17.0 Å². The summed E-state index contributed by atoms with van der Waals surface area (Å²) < 4.78 is 0. The molecule has 0 bridgehead atoms. The largest absolute Gasteiger partial charge is 0.356 e. The van der Waals surface area contributed by atoms with Gasteiger partial charge in [0.1, 0.15) is 5.82 Å². The average molecular weight is 457 g/mol. The van der Waals surface area contributed by atoms with Gasteiger partial charge in [-0.25, -0.2) is 4.98 Å². The number of hydrogen-bond acceptors (Lipinski definition) is 4. The Bertz CT molecular complexity index is 1160. The summed E-state index contributed by atoms with van der Waals surface area (Å²) in [6, 6.07) is 17.1. The molecule has 1 aliphatic heterocycles. The highest BCUT2D eigenvalue weighted by Crippen LogP contribution is 2.27. The molecule has 4 rings (SSSR count). The number of fused-ring (bicyclic) bond motifs is 1. The first-order valence-corrected chi connectivity index (χ1v) is 12.3. The molecule has 1 fully saturated rings. The lowest BCUT2D eigenvalue weighted by molar-refractivity contribution is -0.111. The second-order valence-corrected chi connectivity index (χ2v) is 9.53. The Balaban J connectivity index is 1.42. The Labute approximate surface area is 203 Å². The number of nitrogens with one attached hydrogen (secondary N) is 1. The van der Waals surface area contributed by atoms with E-state index in [4.69, 9.17) is 4.98 Å². The Morgan fingerprint density at radius 3 is 2.53 bits per heavy atom. The van der Waals surface area contributed by atoms with Crippen LogP contribution in [0.4, 0.5) is 11.5 Å². The molecule has 1 saturated heterocycles. The Kier molecular flexibility index (Phi) is 7.63. The maximum Gasteiger partial charge on any atom is 0.248 e. The number of nitrogens with zero attached hydrogens (tertiary/aromatic N) is 3. The van der Waals surface area contributed by atoms with E-state index in [2.05, 4.69) is 73.4 Å². The van der Waals surface area contributed by atoms with Crippen molar-refractivity contribution in [1.29, 1.82) is 0 Å². The Morgan fingerprint density at radius 2 is 1.85 bits per heavy atom. The number of piperidine rings is 1. The Morgan fingerprint density at radius 1 is 1.12 bits per heavy atom. The van der Waals surface area contributed by atoms with Gasteiger partial charge in [-0.1, -0.05) is 37.6 Å². The first kappa shape index (κ1) is 24.0. The lowest BCUT2D eigenvalue weighted by Crippen LogP contribution is -2.42. The minimum atomic E-state index is -0.136. The van der Waals surface area contributed by atoms with E-state index in [1.807, 2.05) is 24.3 Å². The van der Waals surface area contributed by atoms with Crippen LogP contribution in [0.3, 0.4) is 0 Å². The van der Waals surface area contributed by atoms with E-state index in [9.17, 15) is 4.79 Å². The molecule has 2 aromatic carbocycles. The van der Waals surface area contributed by atoms with Crippen molar-refractivity contribution in [2.45, 2.75) is 45.6 Å². The summed E-state index contributed by atoms with van der Waals surface area (Å²) in [5, 5.41) is 4.06. The third-order valence-corrected chi connectivity index (χ3v) is 6.73. The van der Waals surface area contributed by atoms with Crippen molar-refractivity contribution >= 4 is 34.4 Å². The quantitative estimate of drug-likeness (QED) is 0.465. The van der Waals surface area contributed by atoms with Gasteiger partial charge in [0.2, 0.25) is 5.91 Å². The fourth-order valence-electron chi connectivity index (χ4n) is 4.67. The van der Waals surface area contributed by atoms with Gasteiger partial charge in [0.05, 0.1) is 5.52 Å². The highest BCUT2D eigenvalue weighted by atomic mass is 16.1. The maximum atomic E-state index is 12.5. The summed E-state index contributed by atoms with van der Waals surface area (Å²) >= 11 is 0. The maximum absolute atomic E-state index is 12.5.